The molecule has 0 saturated carbocycles. The van der Waals surface area contributed by atoms with E-state index in [9.17, 15) is 0 Å². The Bertz CT molecular complexity index is 238. The molecule has 0 aliphatic carbocycles. The van der Waals surface area contributed by atoms with Gasteiger partial charge in [-0.05, 0) is 37.1 Å². The zero-order valence-electron chi connectivity index (χ0n) is 8.54. The van der Waals surface area contributed by atoms with Crippen LogP contribution in [0.1, 0.15) is 25.3 Å². The lowest BCUT2D eigenvalue weighted by atomic mass is 10.2. The average Bonchev–Trinajstić information content (AvgIpc) is 2.25. The lowest BCUT2D eigenvalue weighted by Crippen LogP contribution is -2.17. The van der Waals surface area contributed by atoms with Crippen LogP contribution < -0.4 is 5.32 Å². The summed E-state index contributed by atoms with van der Waals surface area (Å²) >= 11 is 3.61. The van der Waals surface area contributed by atoms with Gasteiger partial charge in [-0.2, -0.15) is 0 Å². The van der Waals surface area contributed by atoms with Gasteiger partial charge in [-0.25, -0.2) is 0 Å². The van der Waals surface area contributed by atoms with Crippen LogP contribution in [0.4, 0.5) is 0 Å². The van der Waals surface area contributed by atoms with Gasteiger partial charge in [-0.1, -0.05) is 22.9 Å². The molecule has 0 amide bonds. The maximum Gasteiger partial charge on any atom is 0.0271 e. The summed E-state index contributed by atoms with van der Waals surface area (Å²) in [7, 11) is 0. The maximum absolute atomic E-state index is 3.98. The molecule has 0 bridgehead atoms. The van der Waals surface area contributed by atoms with E-state index in [4.69, 9.17) is 0 Å². The highest BCUT2D eigenvalue weighted by Crippen LogP contribution is 2.07. The molecule has 1 aromatic rings. The standard InChI is InChI=1S/C11H17BrN2/c1-2-11(12)5-8-14-9-10-3-6-13-7-4-10/h3-4,6-7,11,14H,2,5,8-9H2,1H3. The van der Waals surface area contributed by atoms with Crippen LogP contribution in [0, 0.1) is 0 Å². The molecule has 0 aromatic carbocycles. The number of pyridine rings is 1. The summed E-state index contributed by atoms with van der Waals surface area (Å²) in [4.78, 5) is 4.63. The fraction of sp³-hybridized carbons (Fsp3) is 0.545. The van der Waals surface area contributed by atoms with E-state index in [1.165, 1.54) is 18.4 Å². The lowest BCUT2D eigenvalue weighted by molar-refractivity contribution is 0.630. The predicted octanol–water partition coefficient (Wildman–Crippen LogP) is 2.73. The Morgan fingerprint density at radius 3 is 2.79 bits per heavy atom. The third-order valence-electron chi connectivity index (χ3n) is 2.16. The fourth-order valence-electron chi connectivity index (χ4n) is 1.20. The molecule has 78 valence electrons. The van der Waals surface area contributed by atoms with Gasteiger partial charge in [0.05, 0.1) is 0 Å². The van der Waals surface area contributed by atoms with E-state index in [0.717, 1.165) is 13.1 Å². The molecule has 2 nitrogen and oxygen atoms in total. The van der Waals surface area contributed by atoms with Gasteiger partial charge in [0, 0.05) is 23.8 Å². The van der Waals surface area contributed by atoms with Gasteiger partial charge in [0.15, 0.2) is 0 Å². The number of hydrogen-bond acceptors (Lipinski definition) is 2. The van der Waals surface area contributed by atoms with E-state index in [0.29, 0.717) is 4.83 Å². The molecule has 14 heavy (non-hydrogen) atoms. The number of alkyl halides is 1. The van der Waals surface area contributed by atoms with Crippen molar-refractivity contribution in [1.82, 2.24) is 10.3 Å². The number of halogens is 1. The zero-order chi connectivity index (χ0) is 10.2. The summed E-state index contributed by atoms with van der Waals surface area (Å²) in [6.45, 7) is 4.19. The summed E-state index contributed by atoms with van der Waals surface area (Å²) in [6, 6.07) is 4.08. The summed E-state index contributed by atoms with van der Waals surface area (Å²) in [5.41, 5.74) is 1.29. The minimum atomic E-state index is 0.646. The van der Waals surface area contributed by atoms with Crippen LogP contribution in [0.3, 0.4) is 0 Å². The second-order valence-corrected chi connectivity index (χ2v) is 4.62. The lowest BCUT2D eigenvalue weighted by Gasteiger charge is -2.07. The highest BCUT2D eigenvalue weighted by atomic mass is 79.9. The van der Waals surface area contributed by atoms with Gasteiger partial charge in [-0.3, -0.25) is 4.98 Å². The van der Waals surface area contributed by atoms with E-state index < -0.39 is 0 Å². The molecule has 1 N–H and O–H groups in total. The van der Waals surface area contributed by atoms with E-state index in [2.05, 4.69) is 33.2 Å². The summed E-state index contributed by atoms with van der Waals surface area (Å²) in [5, 5.41) is 3.41. The third-order valence-corrected chi connectivity index (χ3v) is 3.26. The Morgan fingerprint density at radius 2 is 2.14 bits per heavy atom. The SMILES string of the molecule is CCC(Br)CCNCc1ccncc1. The van der Waals surface area contributed by atoms with Crippen LogP contribution in [0.5, 0.6) is 0 Å². The fourth-order valence-corrected chi connectivity index (χ4v) is 1.43. The second-order valence-electron chi connectivity index (χ2n) is 3.33. The van der Waals surface area contributed by atoms with E-state index in [1.807, 2.05) is 24.5 Å². The van der Waals surface area contributed by atoms with Crippen molar-refractivity contribution in [3.8, 4) is 0 Å². The Morgan fingerprint density at radius 1 is 1.43 bits per heavy atom. The summed E-state index contributed by atoms with van der Waals surface area (Å²) in [5.74, 6) is 0. The first-order valence-electron chi connectivity index (χ1n) is 5.06. The minimum absolute atomic E-state index is 0.646. The van der Waals surface area contributed by atoms with E-state index >= 15 is 0 Å². The van der Waals surface area contributed by atoms with Crippen LogP contribution in [0.25, 0.3) is 0 Å². The van der Waals surface area contributed by atoms with Gasteiger partial charge in [0.25, 0.3) is 0 Å². The molecule has 0 aliphatic heterocycles. The van der Waals surface area contributed by atoms with E-state index in [1.54, 1.807) is 0 Å². The first-order chi connectivity index (χ1) is 6.83. The Hall–Kier alpha value is -0.410. The molecule has 0 spiro atoms. The van der Waals surface area contributed by atoms with Crippen molar-refractivity contribution in [3.05, 3.63) is 30.1 Å². The van der Waals surface area contributed by atoms with Crippen LogP contribution in [0.15, 0.2) is 24.5 Å². The van der Waals surface area contributed by atoms with Gasteiger partial charge >= 0.3 is 0 Å². The van der Waals surface area contributed by atoms with Crippen molar-refractivity contribution in [1.29, 1.82) is 0 Å². The number of aromatic nitrogens is 1. The largest absolute Gasteiger partial charge is 0.313 e. The Kier molecular flexibility index (Phi) is 5.80. The van der Waals surface area contributed by atoms with Crippen LogP contribution in [0.2, 0.25) is 0 Å². The molecule has 1 aromatic heterocycles. The number of rotatable bonds is 6. The van der Waals surface area contributed by atoms with Gasteiger partial charge in [-0.15, -0.1) is 0 Å². The molecule has 0 saturated heterocycles. The topological polar surface area (TPSA) is 24.9 Å². The number of nitrogens with one attached hydrogen (secondary N) is 1. The molecule has 0 aliphatic rings. The average molecular weight is 257 g/mol. The minimum Gasteiger partial charge on any atom is -0.313 e. The number of hydrogen-bond donors (Lipinski definition) is 1. The highest BCUT2D eigenvalue weighted by Gasteiger charge is 1.99. The molecular weight excluding hydrogens is 240 g/mol. The molecule has 0 radical (unpaired) electrons. The second kappa shape index (κ2) is 6.96. The van der Waals surface area contributed by atoms with Gasteiger partial charge < -0.3 is 5.32 Å². The molecule has 0 fully saturated rings. The van der Waals surface area contributed by atoms with Crippen LogP contribution in [-0.4, -0.2) is 16.4 Å². The summed E-state index contributed by atoms with van der Waals surface area (Å²) < 4.78 is 0. The molecule has 1 rings (SSSR count). The molecular formula is C11H17BrN2. The molecule has 1 atom stereocenters. The first-order valence-corrected chi connectivity index (χ1v) is 5.98. The van der Waals surface area contributed by atoms with Crippen LogP contribution >= 0.6 is 15.9 Å². The maximum atomic E-state index is 3.98. The van der Waals surface area contributed by atoms with Crippen LogP contribution in [-0.2, 0) is 6.54 Å². The zero-order valence-corrected chi connectivity index (χ0v) is 10.1. The van der Waals surface area contributed by atoms with Crippen molar-refractivity contribution >= 4 is 15.9 Å². The van der Waals surface area contributed by atoms with Crippen molar-refractivity contribution in [2.75, 3.05) is 6.54 Å². The predicted molar refractivity (Wildman–Crippen MR) is 63.6 cm³/mol. The molecule has 3 heteroatoms. The van der Waals surface area contributed by atoms with Crippen molar-refractivity contribution < 1.29 is 0 Å². The van der Waals surface area contributed by atoms with E-state index in [-0.39, 0.29) is 0 Å². The molecule has 1 heterocycles. The van der Waals surface area contributed by atoms with Gasteiger partial charge in [0.1, 0.15) is 0 Å². The van der Waals surface area contributed by atoms with Crippen molar-refractivity contribution in [3.63, 3.8) is 0 Å². The number of nitrogens with zero attached hydrogens (tertiary/aromatic N) is 1. The van der Waals surface area contributed by atoms with Crippen molar-refractivity contribution in [2.24, 2.45) is 0 Å². The quantitative estimate of drug-likeness (QED) is 0.626. The Balaban J connectivity index is 2.10. The monoisotopic (exact) mass is 256 g/mol. The summed E-state index contributed by atoms with van der Waals surface area (Å²) in [6.07, 6.45) is 6.03. The van der Waals surface area contributed by atoms with Gasteiger partial charge in [0.2, 0.25) is 0 Å². The normalized spacial score (nSPS) is 12.7. The third kappa shape index (κ3) is 4.72. The first kappa shape index (κ1) is 11.7. The molecule has 1 unspecified atom stereocenters. The Labute approximate surface area is 94.3 Å². The van der Waals surface area contributed by atoms with Crippen molar-refractivity contribution in [2.45, 2.75) is 31.1 Å². The smallest absolute Gasteiger partial charge is 0.0271 e. The highest BCUT2D eigenvalue weighted by molar-refractivity contribution is 9.09.